The van der Waals surface area contributed by atoms with Crippen LogP contribution in [0.1, 0.15) is 32.1 Å². The minimum atomic E-state index is 0.0646. The van der Waals surface area contributed by atoms with E-state index in [1.807, 2.05) is 0 Å². The van der Waals surface area contributed by atoms with Gasteiger partial charge in [0.05, 0.1) is 12.7 Å². The van der Waals surface area contributed by atoms with E-state index >= 15 is 0 Å². The van der Waals surface area contributed by atoms with E-state index in [2.05, 4.69) is 15.5 Å². The molecule has 2 N–H and O–H groups in total. The average molecular weight is 211 g/mol. The molecule has 0 unspecified atom stereocenters. The van der Waals surface area contributed by atoms with Gasteiger partial charge in [0.15, 0.2) is 0 Å². The van der Waals surface area contributed by atoms with Gasteiger partial charge in [-0.2, -0.15) is 0 Å². The van der Waals surface area contributed by atoms with Crippen LogP contribution in [-0.4, -0.2) is 43.2 Å². The van der Waals surface area contributed by atoms with Crippen molar-refractivity contribution in [3.8, 4) is 0 Å². The molecule has 0 aliphatic carbocycles. The Balaban J connectivity index is 1.65. The molecule has 0 saturated carbocycles. The maximum absolute atomic E-state index is 11.7. The average Bonchev–Trinajstić information content (AvgIpc) is 2.81. The van der Waals surface area contributed by atoms with E-state index in [0.29, 0.717) is 0 Å². The Morgan fingerprint density at radius 2 is 2.07 bits per heavy atom. The fraction of sp³-hybridized carbons (Fsp3) is 0.909. The van der Waals surface area contributed by atoms with Gasteiger partial charge in [0, 0.05) is 0 Å². The predicted octanol–water partition coefficient (Wildman–Crippen LogP) is 0.298. The van der Waals surface area contributed by atoms with Crippen LogP contribution >= 0.6 is 0 Å². The molecule has 0 aromatic rings. The lowest BCUT2D eigenvalue weighted by Gasteiger charge is -2.27. The maximum atomic E-state index is 11.7. The zero-order valence-electron chi connectivity index (χ0n) is 9.30. The third kappa shape index (κ3) is 3.18. The Morgan fingerprint density at radius 1 is 1.27 bits per heavy atom. The van der Waals surface area contributed by atoms with Gasteiger partial charge in [0.25, 0.3) is 0 Å². The van der Waals surface area contributed by atoms with Gasteiger partial charge in [-0.05, 0) is 45.3 Å². The SMILES string of the molecule is O=C(NCN1CCCCC1)[C@@H]1CCCN1. The second-order valence-corrected chi connectivity index (χ2v) is 4.53. The summed E-state index contributed by atoms with van der Waals surface area (Å²) in [5, 5.41) is 6.23. The first kappa shape index (κ1) is 10.9. The number of hydrogen-bond donors (Lipinski definition) is 2. The number of nitrogens with zero attached hydrogens (tertiary/aromatic N) is 1. The zero-order valence-corrected chi connectivity index (χ0v) is 9.30. The van der Waals surface area contributed by atoms with Gasteiger partial charge in [-0.1, -0.05) is 6.42 Å². The molecule has 0 aromatic heterocycles. The standard InChI is InChI=1S/C11H21N3O/c15-11(10-5-4-6-12-10)13-9-14-7-2-1-3-8-14/h10,12H,1-9H2,(H,13,15)/t10-/m0/s1. The molecule has 4 heteroatoms. The van der Waals surface area contributed by atoms with E-state index in [-0.39, 0.29) is 11.9 Å². The maximum Gasteiger partial charge on any atom is 0.238 e. The Bertz CT molecular complexity index is 208. The Labute approximate surface area is 91.4 Å². The highest BCUT2D eigenvalue weighted by Crippen LogP contribution is 2.08. The van der Waals surface area contributed by atoms with E-state index in [1.165, 1.54) is 19.3 Å². The van der Waals surface area contributed by atoms with Gasteiger partial charge in [0.1, 0.15) is 0 Å². The first-order valence-corrected chi connectivity index (χ1v) is 6.10. The minimum Gasteiger partial charge on any atom is -0.342 e. The lowest BCUT2D eigenvalue weighted by molar-refractivity contribution is -0.123. The smallest absolute Gasteiger partial charge is 0.238 e. The van der Waals surface area contributed by atoms with Gasteiger partial charge in [-0.3, -0.25) is 9.69 Å². The number of carbonyl (C=O) groups excluding carboxylic acids is 1. The summed E-state index contributed by atoms with van der Waals surface area (Å²) in [5.41, 5.74) is 0. The summed E-state index contributed by atoms with van der Waals surface area (Å²) in [7, 11) is 0. The van der Waals surface area contributed by atoms with Gasteiger partial charge in [-0.15, -0.1) is 0 Å². The summed E-state index contributed by atoms with van der Waals surface area (Å²) in [5.74, 6) is 0.179. The summed E-state index contributed by atoms with van der Waals surface area (Å²) in [6.07, 6.45) is 6.01. The van der Waals surface area contributed by atoms with Crippen LogP contribution in [0.15, 0.2) is 0 Å². The fourth-order valence-electron chi connectivity index (χ4n) is 2.34. The monoisotopic (exact) mass is 211 g/mol. The highest BCUT2D eigenvalue weighted by atomic mass is 16.2. The number of piperidine rings is 1. The first-order valence-electron chi connectivity index (χ1n) is 6.10. The van der Waals surface area contributed by atoms with Crippen molar-refractivity contribution in [2.45, 2.75) is 38.1 Å². The molecule has 0 radical (unpaired) electrons. The number of likely N-dealkylation sites (tertiary alicyclic amines) is 1. The van der Waals surface area contributed by atoms with Gasteiger partial charge < -0.3 is 10.6 Å². The molecule has 2 fully saturated rings. The van der Waals surface area contributed by atoms with E-state index in [9.17, 15) is 4.79 Å². The molecule has 15 heavy (non-hydrogen) atoms. The van der Waals surface area contributed by atoms with Gasteiger partial charge >= 0.3 is 0 Å². The summed E-state index contributed by atoms with van der Waals surface area (Å²) in [6.45, 7) is 4.00. The normalized spacial score (nSPS) is 27.9. The molecule has 4 nitrogen and oxygen atoms in total. The van der Waals surface area contributed by atoms with Gasteiger partial charge in [0.2, 0.25) is 5.91 Å². The van der Waals surface area contributed by atoms with Crippen LogP contribution in [0.2, 0.25) is 0 Å². The highest BCUT2D eigenvalue weighted by Gasteiger charge is 2.22. The molecular formula is C11H21N3O. The number of rotatable bonds is 3. The molecule has 0 spiro atoms. The van der Waals surface area contributed by atoms with Crippen LogP contribution in [0.4, 0.5) is 0 Å². The van der Waals surface area contributed by atoms with E-state index in [0.717, 1.165) is 39.1 Å². The summed E-state index contributed by atoms with van der Waals surface area (Å²) >= 11 is 0. The van der Waals surface area contributed by atoms with Crippen molar-refractivity contribution in [1.82, 2.24) is 15.5 Å². The van der Waals surface area contributed by atoms with Crippen LogP contribution in [0.5, 0.6) is 0 Å². The lowest BCUT2D eigenvalue weighted by Crippen LogP contribution is -2.46. The Morgan fingerprint density at radius 3 is 2.73 bits per heavy atom. The van der Waals surface area contributed by atoms with Gasteiger partial charge in [-0.25, -0.2) is 0 Å². The summed E-state index contributed by atoms with van der Waals surface area (Å²) in [4.78, 5) is 14.0. The van der Waals surface area contributed by atoms with Crippen molar-refractivity contribution < 1.29 is 4.79 Å². The van der Waals surface area contributed by atoms with Crippen molar-refractivity contribution in [2.24, 2.45) is 0 Å². The van der Waals surface area contributed by atoms with E-state index < -0.39 is 0 Å². The Hall–Kier alpha value is -0.610. The van der Waals surface area contributed by atoms with Crippen LogP contribution in [0.25, 0.3) is 0 Å². The summed E-state index contributed by atoms with van der Waals surface area (Å²) in [6, 6.07) is 0.0646. The topological polar surface area (TPSA) is 44.4 Å². The molecule has 2 saturated heterocycles. The molecule has 1 amide bonds. The minimum absolute atomic E-state index is 0.0646. The predicted molar refractivity (Wildman–Crippen MR) is 59.5 cm³/mol. The van der Waals surface area contributed by atoms with Crippen molar-refractivity contribution in [2.75, 3.05) is 26.3 Å². The van der Waals surface area contributed by atoms with Crippen molar-refractivity contribution in [3.63, 3.8) is 0 Å². The quantitative estimate of drug-likeness (QED) is 0.705. The van der Waals surface area contributed by atoms with Crippen LogP contribution in [0.3, 0.4) is 0 Å². The third-order valence-corrected chi connectivity index (χ3v) is 3.30. The largest absolute Gasteiger partial charge is 0.342 e. The van der Waals surface area contributed by atoms with Crippen LogP contribution < -0.4 is 10.6 Å². The van der Waals surface area contributed by atoms with Crippen LogP contribution in [-0.2, 0) is 4.79 Å². The molecule has 2 rings (SSSR count). The molecule has 2 aliphatic rings. The molecular weight excluding hydrogens is 190 g/mol. The Kier molecular flexibility index (Phi) is 3.97. The van der Waals surface area contributed by atoms with E-state index in [1.54, 1.807) is 0 Å². The first-order chi connectivity index (χ1) is 7.36. The number of nitrogens with one attached hydrogen (secondary N) is 2. The molecule has 0 bridgehead atoms. The number of hydrogen-bond acceptors (Lipinski definition) is 3. The highest BCUT2D eigenvalue weighted by molar-refractivity contribution is 5.81. The zero-order chi connectivity index (χ0) is 10.5. The molecule has 2 aliphatic heterocycles. The lowest BCUT2D eigenvalue weighted by atomic mass is 10.1. The van der Waals surface area contributed by atoms with E-state index in [4.69, 9.17) is 0 Å². The molecule has 0 aromatic carbocycles. The van der Waals surface area contributed by atoms with Crippen molar-refractivity contribution >= 4 is 5.91 Å². The van der Waals surface area contributed by atoms with Crippen molar-refractivity contribution in [1.29, 1.82) is 0 Å². The fourth-order valence-corrected chi connectivity index (χ4v) is 2.34. The second kappa shape index (κ2) is 5.47. The third-order valence-electron chi connectivity index (χ3n) is 3.30. The number of carbonyl (C=O) groups is 1. The molecule has 86 valence electrons. The molecule has 2 heterocycles. The number of amides is 1. The molecule has 1 atom stereocenters. The van der Waals surface area contributed by atoms with Crippen LogP contribution in [0, 0.1) is 0 Å². The van der Waals surface area contributed by atoms with Crippen molar-refractivity contribution in [3.05, 3.63) is 0 Å². The summed E-state index contributed by atoms with van der Waals surface area (Å²) < 4.78 is 0. The second-order valence-electron chi connectivity index (χ2n) is 4.53.